The first kappa shape index (κ1) is 20.0. The number of aryl methyl sites for hydroxylation is 3. The van der Waals surface area contributed by atoms with Gasteiger partial charge in [-0.2, -0.15) is 0 Å². The van der Waals surface area contributed by atoms with E-state index in [1.807, 2.05) is 38.4 Å². The second-order valence-corrected chi connectivity index (χ2v) is 6.99. The molecule has 0 heterocycles. The third-order valence-corrected chi connectivity index (χ3v) is 4.74. The first-order chi connectivity index (χ1) is 12.4. The molecule has 2 aromatic carbocycles. The highest BCUT2D eigenvalue weighted by molar-refractivity contribution is 5.76. The lowest BCUT2D eigenvalue weighted by atomic mass is 10.0. The van der Waals surface area contributed by atoms with E-state index in [2.05, 4.69) is 42.3 Å². The van der Waals surface area contributed by atoms with Crippen LogP contribution in [0.25, 0.3) is 0 Å². The van der Waals surface area contributed by atoms with Crippen LogP contribution in [0.1, 0.15) is 34.7 Å². The summed E-state index contributed by atoms with van der Waals surface area (Å²) in [5, 5.41) is 3.08. The van der Waals surface area contributed by atoms with E-state index in [4.69, 9.17) is 4.74 Å². The molecule has 2 aromatic rings. The van der Waals surface area contributed by atoms with Crippen molar-refractivity contribution < 1.29 is 9.53 Å². The van der Waals surface area contributed by atoms with Gasteiger partial charge < -0.3 is 15.0 Å². The molecular weight excluding hydrogens is 324 g/mol. The fourth-order valence-corrected chi connectivity index (χ4v) is 3.10. The number of likely N-dealkylation sites (N-methyl/N-ethyl adjacent to an activating group) is 1. The minimum Gasteiger partial charge on any atom is -0.497 e. The Morgan fingerprint density at radius 2 is 1.81 bits per heavy atom. The van der Waals surface area contributed by atoms with Crippen LogP contribution in [0.3, 0.4) is 0 Å². The summed E-state index contributed by atoms with van der Waals surface area (Å²) in [5.41, 5.74) is 4.90. The number of amides is 1. The van der Waals surface area contributed by atoms with E-state index in [0.717, 1.165) is 17.7 Å². The fourth-order valence-electron chi connectivity index (χ4n) is 3.10. The molecule has 1 unspecified atom stereocenters. The van der Waals surface area contributed by atoms with E-state index < -0.39 is 0 Å². The van der Waals surface area contributed by atoms with Gasteiger partial charge in [0.1, 0.15) is 5.75 Å². The molecule has 0 saturated carbocycles. The highest BCUT2D eigenvalue weighted by Crippen LogP contribution is 2.21. The number of ether oxygens (including phenoxy) is 1. The van der Waals surface area contributed by atoms with E-state index in [1.54, 1.807) is 7.11 Å². The molecular formula is C22H30N2O2. The van der Waals surface area contributed by atoms with Gasteiger partial charge in [-0.15, -0.1) is 0 Å². The maximum atomic E-state index is 12.3. The Kier molecular flexibility index (Phi) is 7.22. The molecule has 0 bridgehead atoms. The van der Waals surface area contributed by atoms with Gasteiger partial charge in [-0.1, -0.05) is 35.9 Å². The summed E-state index contributed by atoms with van der Waals surface area (Å²) < 4.78 is 5.22. The number of carbonyl (C=O) groups excluding carboxylic acids is 1. The average molecular weight is 354 g/mol. The zero-order valence-electron chi connectivity index (χ0n) is 16.5. The zero-order valence-corrected chi connectivity index (χ0v) is 16.5. The third-order valence-electron chi connectivity index (χ3n) is 4.74. The van der Waals surface area contributed by atoms with Crippen LogP contribution in [0.2, 0.25) is 0 Å². The van der Waals surface area contributed by atoms with Crippen molar-refractivity contribution in [1.82, 2.24) is 10.2 Å². The normalized spacial score (nSPS) is 12.1. The van der Waals surface area contributed by atoms with Crippen molar-refractivity contribution in [2.75, 3.05) is 27.7 Å². The number of hydrogen-bond donors (Lipinski definition) is 1. The first-order valence-electron chi connectivity index (χ1n) is 9.04. The molecule has 2 rings (SSSR count). The Morgan fingerprint density at radius 1 is 1.12 bits per heavy atom. The van der Waals surface area contributed by atoms with Gasteiger partial charge in [0.25, 0.3) is 0 Å². The van der Waals surface area contributed by atoms with Gasteiger partial charge in [0.05, 0.1) is 13.2 Å². The van der Waals surface area contributed by atoms with Gasteiger partial charge >= 0.3 is 0 Å². The molecule has 0 fully saturated rings. The molecule has 140 valence electrons. The van der Waals surface area contributed by atoms with Gasteiger partial charge in [-0.3, -0.25) is 4.79 Å². The van der Waals surface area contributed by atoms with Crippen LogP contribution in [0.5, 0.6) is 5.75 Å². The summed E-state index contributed by atoms with van der Waals surface area (Å²) in [4.78, 5) is 14.4. The van der Waals surface area contributed by atoms with Crippen LogP contribution in [0.4, 0.5) is 0 Å². The fraction of sp³-hybridized carbons (Fsp3) is 0.409. The predicted octanol–water partition coefficient (Wildman–Crippen LogP) is 3.66. The number of nitrogens with one attached hydrogen (secondary N) is 1. The lowest BCUT2D eigenvalue weighted by Gasteiger charge is -2.25. The predicted molar refractivity (Wildman–Crippen MR) is 107 cm³/mol. The van der Waals surface area contributed by atoms with Crippen molar-refractivity contribution in [3.8, 4) is 5.75 Å². The number of methoxy groups -OCH3 is 1. The summed E-state index contributed by atoms with van der Waals surface area (Å²) in [5.74, 6) is 0.925. The molecule has 0 spiro atoms. The quantitative estimate of drug-likeness (QED) is 0.786. The number of hydrogen-bond acceptors (Lipinski definition) is 3. The van der Waals surface area contributed by atoms with Gasteiger partial charge in [-0.25, -0.2) is 0 Å². The number of nitrogens with zero attached hydrogens (tertiary/aromatic N) is 1. The smallest absolute Gasteiger partial charge is 0.220 e. The zero-order chi connectivity index (χ0) is 19.1. The van der Waals surface area contributed by atoms with Crippen molar-refractivity contribution in [3.63, 3.8) is 0 Å². The minimum atomic E-state index is 0.0883. The van der Waals surface area contributed by atoms with Crippen LogP contribution < -0.4 is 10.1 Å². The Hall–Kier alpha value is -2.33. The molecule has 0 aliphatic heterocycles. The Bertz CT molecular complexity index is 723. The molecule has 0 aromatic heterocycles. The van der Waals surface area contributed by atoms with Crippen LogP contribution in [0.15, 0.2) is 42.5 Å². The SMILES string of the molecule is COc1ccc(C(CNC(=O)CCc2ccc(C)cc2C)N(C)C)cc1. The van der Waals surface area contributed by atoms with Crippen molar-refractivity contribution in [3.05, 3.63) is 64.7 Å². The summed E-state index contributed by atoms with van der Waals surface area (Å²) >= 11 is 0. The van der Waals surface area contributed by atoms with E-state index in [-0.39, 0.29) is 11.9 Å². The molecule has 1 atom stereocenters. The Labute approximate surface area is 157 Å². The second-order valence-electron chi connectivity index (χ2n) is 6.99. The average Bonchev–Trinajstić information content (AvgIpc) is 2.61. The van der Waals surface area contributed by atoms with E-state index in [1.165, 1.54) is 16.7 Å². The topological polar surface area (TPSA) is 41.6 Å². The number of benzene rings is 2. The van der Waals surface area contributed by atoms with E-state index in [9.17, 15) is 4.79 Å². The molecule has 0 aliphatic rings. The molecule has 0 saturated heterocycles. The molecule has 0 radical (unpaired) electrons. The minimum absolute atomic E-state index is 0.0883. The lowest BCUT2D eigenvalue weighted by Crippen LogP contribution is -2.34. The van der Waals surface area contributed by atoms with Crippen LogP contribution in [-0.4, -0.2) is 38.6 Å². The monoisotopic (exact) mass is 354 g/mol. The molecule has 4 heteroatoms. The molecule has 1 amide bonds. The van der Waals surface area contributed by atoms with Crippen molar-refractivity contribution in [1.29, 1.82) is 0 Å². The molecule has 26 heavy (non-hydrogen) atoms. The maximum absolute atomic E-state index is 12.3. The van der Waals surface area contributed by atoms with E-state index in [0.29, 0.717) is 13.0 Å². The highest BCUT2D eigenvalue weighted by Gasteiger charge is 2.15. The van der Waals surface area contributed by atoms with Crippen LogP contribution >= 0.6 is 0 Å². The lowest BCUT2D eigenvalue weighted by molar-refractivity contribution is -0.121. The Morgan fingerprint density at radius 3 is 2.38 bits per heavy atom. The summed E-state index contributed by atoms with van der Waals surface area (Å²) in [6, 6.07) is 14.5. The van der Waals surface area contributed by atoms with E-state index >= 15 is 0 Å². The second kappa shape index (κ2) is 9.39. The first-order valence-corrected chi connectivity index (χ1v) is 9.04. The summed E-state index contributed by atoms with van der Waals surface area (Å²) in [6.07, 6.45) is 1.28. The number of carbonyl (C=O) groups is 1. The molecule has 1 N–H and O–H groups in total. The van der Waals surface area contributed by atoms with Gasteiger partial charge in [-0.05, 0) is 63.2 Å². The van der Waals surface area contributed by atoms with Gasteiger partial charge in [0, 0.05) is 13.0 Å². The van der Waals surface area contributed by atoms with Crippen molar-refractivity contribution >= 4 is 5.91 Å². The van der Waals surface area contributed by atoms with Gasteiger partial charge in [0.2, 0.25) is 5.91 Å². The summed E-state index contributed by atoms with van der Waals surface area (Å²) in [6.45, 7) is 4.78. The molecule has 4 nitrogen and oxygen atoms in total. The highest BCUT2D eigenvalue weighted by atomic mass is 16.5. The molecule has 0 aliphatic carbocycles. The van der Waals surface area contributed by atoms with Crippen LogP contribution in [-0.2, 0) is 11.2 Å². The maximum Gasteiger partial charge on any atom is 0.220 e. The van der Waals surface area contributed by atoms with Crippen molar-refractivity contribution in [2.45, 2.75) is 32.7 Å². The summed E-state index contributed by atoms with van der Waals surface area (Å²) in [7, 11) is 5.71. The largest absolute Gasteiger partial charge is 0.497 e. The van der Waals surface area contributed by atoms with Crippen LogP contribution in [0, 0.1) is 13.8 Å². The standard InChI is InChI=1S/C22H30N2O2/c1-16-6-7-18(17(2)14-16)10-13-22(25)23-15-21(24(3)4)19-8-11-20(26-5)12-9-19/h6-9,11-12,14,21H,10,13,15H2,1-5H3,(H,23,25). The Balaban J connectivity index is 1.90. The van der Waals surface area contributed by atoms with Gasteiger partial charge in [0.15, 0.2) is 0 Å². The number of rotatable bonds is 8. The third kappa shape index (κ3) is 5.60. The van der Waals surface area contributed by atoms with Crippen molar-refractivity contribution in [2.24, 2.45) is 0 Å².